The van der Waals surface area contributed by atoms with Gasteiger partial charge in [-0.15, -0.1) is 0 Å². The Kier molecular flexibility index (Phi) is 3.19. The van der Waals surface area contributed by atoms with Gasteiger partial charge in [-0.05, 0) is 26.8 Å². The van der Waals surface area contributed by atoms with Gasteiger partial charge in [0.25, 0.3) is 12.1 Å². The number of fused-ring (bicyclic) bond motifs is 1. The maximum Gasteiger partial charge on any atom is 0.264 e. The SMILES string of the molecule is CCn1cc(-c2cc(C(F)F)c3c(C)noc3n2)c(C)n1. The second-order valence-corrected chi connectivity index (χ2v) is 4.83. The monoisotopic (exact) mass is 292 g/mol. The van der Waals surface area contributed by atoms with Crippen LogP contribution in [0, 0.1) is 13.8 Å². The van der Waals surface area contributed by atoms with Crippen molar-refractivity contribution in [1.82, 2.24) is 19.9 Å². The number of pyridine rings is 1. The minimum Gasteiger partial charge on any atom is -0.336 e. The Bertz CT molecular complexity index is 807. The second-order valence-electron chi connectivity index (χ2n) is 4.83. The van der Waals surface area contributed by atoms with Crippen LogP contribution in [0.3, 0.4) is 0 Å². The highest BCUT2D eigenvalue weighted by Crippen LogP contribution is 2.33. The Hall–Kier alpha value is -2.31. The van der Waals surface area contributed by atoms with Gasteiger partial charge >= 0.3 is 0 Å². The van der Waals surface area contributed by atoms with Gasteiger partial charge in [0.15, 0.2) is 0 Å². The van der Waals surface area contributed by atoms with Crippen LogP contribution in [0.2, 0.25) is 0 Å². The molecule has 0 aliphatic heterocycles. The number of halogens is 2. The summed E-state index contributed by atoms with van der Waals surface area (Å²) >= 11 is 0. The zero-order valence-electron chi connectivity index (χ0n) is 11.9. The van der Waals surface area contributed by atoms with Crippen molar-refractivity contribution in [2.45, 2.75) is 33.7 Å². The first kappa shape index (κ1) is 13.7. The number of hydrogen-bond donors (Lipinski definition) is 0. The lowest BCUT2D eigenvalue weighted by Gasteiger charge is -2.04. The first-order valence-corrected chi connectivity index (χ1v) is 6.60. The Morgan fingerprint density at radius 3 is 2.67 bits per heavy atom. The van der Waals surface area contributed by atoms with E-state index in [0.29, 0.717) is 17.9 Å². The van der Waals surface area contributed by atoms with Crippen molar-refractivity contribution in [3.63, 3.8) is 0 Å². The van der Waals surface area contributed by atoms with Crippen molar-refractivity contribution in [3.8, 4) is 11.3 Å². The van der Waals surface area contributed by atoms with Crippen molar-refractivity contribution in [3.05, 3.63) is 29.2 Å². The molecular weight excluding hydrogens is 278 g/mol. The average molecular weight is 292 g/mol. The summed E-state index contributed by atoms with van der Waals surface area (Å²) in [4.78, 5) is 4.30. The van der Waals surface area contributed by atoms with E-state index in [-0.39, 0.29) is 16.7 Å². The molecule has 3 aromatic rings. The van der Waals surface area contributed by atoms with Crippen LogP contribution in [0.15, 0.2) is 16.8 Å². The van der Waals surface area contributed by atoms with Crippen molar-refractivity contribution in [2.75, 3.05) is 0 Å². The predicted molar refractivity (Wildman–Crippen MR) is 73.1 cm³/mol. The Labute approximate surface area is 119 Å². The molecule has 0 N–H and O–H groups in total. The van der Waals surface area contributed by atoms with Crippen LogP contribution < -0.4 is 0 Å². The van der Waals surface area contributed by atoms with Crippen molar-refractivity contribution in [1.29, 1.82) is 0 Å². The number of nitrogens with zero attached hydrogens (tertiary/aromatic N) is 4. The lowest BCUT2D eigenvalue weighted by atomic mass is 10.1. The van der Waals surface area contributed by atoms with Crippen molar-refractivity contribution < 1.29 is 13.3 Å². The molecule has 0 radical (unpaired) electrons. The molecule has 0 aliphatic rings. The van der Waals surface area contributed by atoms with Crippen LogP contribution >= 0.6 is 0 Å². The molecular formula is C14H14F2N4O. The van der Waals surface area contributed by atoms with E-state index >= 15 is 0 Å². The molecule has 0 bridgehead atoms. The van der Waals surface area contributed by atoms with E-state index in [4.69, 9.17) is 4.52 Å². The van der Waals surface area contributed by atoms with E-state index in [2.05, 4.69) is 15.2 Å². The molecule has 7 heteroatoms. The molecule has 3 heterocycles. The third-order valence-corrected chi connectivity index (χ3v) is 3.43. The zero-order chi connectivity index (χ0) is 15.1. The summed E-state index contributed by atoms with van der Waals surface area (Å²) < 4.78 is 33.4. The third kappa shape index (κ3) is 2.18. The maximum absolute atomic E-state index is 13.3. The predicted octanol–water partition coefficient (Wildman–Crippen LogP) is 3.66. The smallest absolute Gasteiger partial charge is 0.264 e. The molecule has 0 unspecified atom stereocenters. The summed E-state index contributed by atoms with van der Waals surface area (Å²) in [5.74, 6) is 0. The number of aromatic nitrogens is 4. The molecule has 0 fully saturated rings. The first-order chi connectivity index (χ1) is 10.0. The standard InChI is InChI=1S/C14H14F2N4O/c1-4-20-6-10(7(2)18-20)11-5-9(13(15)16)12-8(3)19-21-14(12)17-11/h5-6,13H,4H2,1-3H3. The van der Waals surface area contributed by atoms with Crippen LogP contribution in [0.25, 0.3) is 22.4 Å². The van der Waals surface area contributed by atoms with Gasteiger partial charge in [-0.1, -0.05) is 5.16 Å². The quantitative estimate of drug-likeness (QED) is 0.739. The number of alkyl halides is 2. The molecule has 0 atom stereocenters. The molecule has 3 rings (SSSR count). The zero-order valence-corrected chi connectivity index (χ0v) is 11.9. The first-order valence-electron chi connectivity index (χ1n) is 6.60. The van der Waals surface area contributed by atoms with E-state index in [1.807, 2.05) is 13.8 Å². The Morgan fingerprint density at radius 1 is 1.29 bits per heavy atom. The number of rotatable bonds is 3. The van der Waals surface area contributed by atoms with E-state index in [9.17, 15) is 8.78 Å². The molecule has 0 spiro atoms. The van der Waals surface area contributed by atoms with Gasteiger partial charge in [-0.3, -0.25) is 4.68 Å². The molecule has 3 aromatic heterocycles. The van der Waals surface area contributed by atoms with E-state index in [1.54, 1.807) is 17.8 Å². The summed E-state index contributed by atoms with van der Waals surface area (Å²) in [5.41, 5.74) is 2.31. The molecule has 0 amide bonds. The Morgan fingerprint density at radius 2 is 2.05 bits per heavy atom. The van der Waals surface area contributed by atoms with Gasteiger partial charge in [0.05, 0.1) is 22.5 Å². The van der Waals surface area contributed by atoms with Crippen LogP contribution in [0.5, 0.6) is 0 Å². The lowest BCUT2D eigenvalue weighted by Crippen LogP contribution is -1.93. The molecule has 0 aliphatic carbocycles. The highest BCUT2D eigenvalue weighted by molar-refractivity contribution is 5.83. The van der Waals surface area contributed by atoms with Crippen molar-refractivity contribution >= 4 is 11.1 Å². The topological polar surface area (TPSA) is 56.7 Å². The lowest BCUT2D eigenvalue weighted by molar-refractivity contribution is 0.153. The van der Waals surface area contributed by atoms with E-state index < -0.39 is 6.43 Å². The Balaban J connectivity index is 2.26. The molecule has 21 heavy (non-hydrogen) atoms. The summed E-state index contributed by atoms with van der Waals surface area (Å²) in [6, 6.07) is 1.39. The van der Waals surface area contributed by atoms with E-state index in [1.165, 1.54) is 6.07 Å². The minimum atomic E-state index is -2.62. The van der Waals surface area contributed by atoms with Crippen LogP contribution in [0.1, 0.15) is 30.3 Å². The molecule has 5 nitrogen and oxygen atoms in total. The van der Waals surface area contributed by atoms with Gasteiger partial charge in [-0.25, -0.2) is 13.8 Å². The normalized spacial score (nSPS) is 11.7. The fraction of sp³-hybridized carbons (Fsp3) is 0.357. The molecule has 110 valence electrons. The summed E-state index contributed by atoms with van der Waals surface area (Å²) in [7, 11) is 0. The molecule has 0 aromatic carbocycles. The number of hydrogen-bond acceptors (Lipinski definition) is 4. The van der Waals surface area contributed by atoms with Gasteiger partial charge in [0.2, 0.25) is 0 Å². The molecule has 0 saturated carbocycles. The third-order valence-electron chi connectivity index (χ3n) is 3.43. The fourth-order valence-electron chi connectivity index (χ4n) is 2.37. The van der Waals surface area contributed by atoms with Gasteiger partial charge in [0, 0.05) is 23.9 Å². The number of aryl methyl sites for hydroxylation is 3. The summed E-state index contributed by atoms with van der Waals surface area (Å²) in [6.45, 7) is 6.10. The van der Waals surface area contributed by atoms with Crippen LogP contribution in [-0.2, 0) is 6.54 Å². The van der Waals surface area contributed by atoms with E-state index in [0.717, 1.165) is 11.3 Å². The van der Waals surface area contributed by atoms with Gasteiger partial charge in [-0.2, -0.15) is 5.10 Å². The van der Waals surface area contributed by atoms with Crippen LogP contribution in [0.4, 0.5) is 8.78 Å². The van der Waals surface area contributed by atoms with Crippen LogP contribution in [-0.4, -0.2) is 19.9 Å². The largest absolute Gasteiger partial charge is 0.336 e. The highest BCUT2D eigenvalue weighted by Gasteiger charge is 2.21. The fourth-order valence-corrected chi connectivity index (χ4v) is 2.37. The molecule has 0 saturated heterocycles. The highest BCUT2D eigenvalue weighted by atomic mass is 19.3. The van der Waals surface area contributed by atoms with Gasteiger partial charge < -0.3 is 4.52 Å². The van der Waals surface area contributed by atoms with Gasteiger partial charge in [0.1, 0.15) is 0 Å². The summed E-state index contributed by atoms with van der Waals surface area (Å²) in [6.07, 6.45) is -0.823. The average Bonchev–Trinajstić information content (AvgIpc) is 3.01. The second kappa shape index (κ2) is 4.91. The summed E-state index contributed by atoms with van der Waals surface area (Å²) in [5, 5.41) is 8.32. The van der Waals surface area contributed by atoms with Crippen molar-refractivity contribution in [2.24, 2.45) is 0 Å². The maximum atomic E-state index is 13.3. The minimum absolute atomic E-state index is 0.114.